The third-order valence-electron chi connectivity index (χ3n) is 7.37. The Morgan fingerprint density at radius 3 is 2.26 bits per heavy atom. The summed E-state index contributed by atoms with van der Waals surface area (Å²) in [7, 11) is -2.41. The summed E-state index contributed by atoms with van der Waals surface area (Å²) >= 11 is 0. The number of phosphoric ester groups is 1. The topological polar surface area (TPSA) is 225 Å². The first kappa shape index (κ1) is 41.6. The van der Waals surface area contributed by atoms with Crippen molar-refractivity contribution in [2.24, 2.45) is 0 Å². The van der Waals surface area contributed by atoms with Gasteiger partial charge in [0.1, 0.15) is 24.9 Å². The zero-order chi connectivity index (χ0) is 38.6. The fraction of sp³-hybridized carbons (Fsp3) is 0.382. The van der Waals surface area contributed by atoms with Crippen LogP contribution >= 0.6 is 29.4 Å². The molecule has 3 aromatic carbocycles. The van der Waals surface area contributed by atoms with Crippen LogP contribution in [0.1, 0.15) is 37.8 Å². The molecule has 1 aliphatic rings. The number of hydrogen-bond donors (Lipinski definition) is 5. The number of nitro benzene ring substituents is 1. The lowest BCUT2D eigenvalue weighted by atomic mass is 9.98. The van der Waals surface area contributed by atoms with Gasteiger partial charge in [-0.1, -0.05) is 70.1 Å². The Bertz CT molecular complexity index is 1770. The molecular formula is C34H41N4O12PS2. The Morgan fingerprint density at radius 2 is 1.64 bits per heavy atom. The summed E-state index contributed by atoms with van der Waals surface area (Å²) in [4.78, 5) is 67.6. The van der Waals surface area contributed by atoms with Crippen molar-refractivity contribution in [1.29, 1.82) is 0 Å². The van der Waals surface area contributed by atoms with E-state index in [1.807, 2.05) is 48.5 Å². The van der Waals surface area contributed by atoms with Crippen molar-refractivity contribution in [2.45, 2.75) is 43.2 Å². The van der Waals surface area contributed by atoms with Crippen LogP contribution in [0.4, 0.5) is 16.2 Å². The normalized spacial score (nSPS) is 13.0. The third kappa shape index (κ3) is 13.3. The van der Waals surface area contributed by atoms with Gasteiger partial charge in [-0.25, -0.2) is 14.2 Å². The number of amides is 2. The molecule has 2 amide bonds. The number of esters is 1. The molecule has 0 aromatic heterocycles. The third-order valence-corrected chi connectivity index (χ3v) is 10.3. The number of rotatable bonds is 19. The smallest absolute Gasteiger partial charge is 0.458 e. The Labute approximate surface area is 313 Å². The Hall–Kier alpha value is -4.16. The van der Waals surface area contributed by atoms with Gasteiger partial charge in [0.05, 0.1) is 23.8 Å². The number of nitrogens with one attached hydrogen (secondary N) is 3. The maximum Gasteiger partial charge on any atom is 0.469 e. The summed E-state index contributed by atoms with van der Waals surface area (Å²) in [5.74, 6) is -1.41. The molecule has 19 heteroatoms. The molecule has 286 valence electrons. The van der Waals surface area contributed by atoms with E-state index in [1.165, 1.54) is 29.0 Å². The number of fused-ring (bicyclic) bond motifs is 3. The maximum absolute atomic E-state index is 13.2. The zero-order valence-electron chi connectivity index (χ0n) is 29.1. The molecule has 53 heavy (non-hydrogen) atoms. The van der Waals surface area contributed by atoms with E-state index in [4.69, 9.17) is 24.0 Å². The number of carbonyl (C=O) groups excluding carboxylic acids is 3. The summed E-state index contributed by atoms with van der Waals surface area (Å²) in [5, 5.41) is 19.6. The number of ether oxygens (including phenoxy) is 3. The predicted octanol–water partition coefficient (Wildman–Crippen LogP) is 5.24. The largest absolute Gasteiger partial charge is 0.469 e. The van der Waals surface area contributed by atoms with Crippen LogP contribution in [0.3, 0.4) is 0 Å². The minimum absolute atomic E-state index is 0.00449. The maximum atomic E-state index is 13.2. The molecule has 0 saturated carbocycles. The number of carbonyl (C=O) groups is 3. The minimum atomic E-state index is -4.75. The number of alkyl carbamates (subject to hydrolysis) is 1. The number of non-ortho nitro benzene ring substituents is 1. The molecule has 0 bridgehead atoms. The van der Waals surface area contributed by atoms with E-state index in [9.17, 15) is 29.1 Å². The van der Waals surface area contributed by atoms with Gasteiger partial charge in [0.25, 0.3) is 5.69 Å². The molecule has 0 aliphatic heterocycles. The lowest BCUT2D eigenvalue weighted by molar-refractivity contribution is -0.384. The van der Waals surface area contributed by atoms with Crippen LogP contribution in [0.15, 0.2) is 71.6 Å². The van der Waals surface area contributed by atoms with E-state index in [0.29, 0.717) is 10.6 Å². The van der Waals surface area contributed by atoms with Gasteiger partial charge in [-0.3, -0.25) is 19.4 Å². The first-order chi connectivity index (χ1) is 25.1. The zero-order valence-corrected chi connectivity index (χ0v) is 31.7. The standard InChI is InChI=1S/C34H41N4O12PS2/c1-34(2,3)50-31(39)20-47-16-14-35-28-18-22(38(42)43)12-13-30(28)53-52-21-29(32(40)36-15-17-49-51(44,45)46)37-33(41)48-19-27-25-10-6-4-8-23(25)24-9-5-7-11-26(24)27/h4-13,18,27,29,35H,14-17,19-21H2,1-3H3,(H,36,40)(H,37,41)(H2,44,45,46). The summed E-state index contributed by atoms with van der Waals surface area (Å²) in [6.45, 7) is 4.52. The van der Waals surface area contributed by atoms with Crippen molar-refractivity contribution in [3.8, 4) is 11.1 Å². The van der Waals surface area contributed by atoms with Crippen molar-refractivity contribution in [2.75, 3.05) is 50.6 Å². The minimum Gasteiger partial charge on any atom is -0.458 e. The molecule has 3 aromatic rings. The van der Waals surface area contributed by atoms with E-state index in [2.05, 4.69) is 20.5 Å². The molecule has 1 unspecified atom stereocenters. The second kappa shape index (κ2) is 19.3. The van der Waals surface area contributed by atoms with Gasteiger partial charge in [-0.05, 0) is 49.1 Å². The molecule has 4 rings (SSSR count). The van der Waals surface area contributed by atoms with Gasteiger partial charge >= 0.3 is 19.9 Å². The van der Waals surface area contributed by atoms with E-state index in [0.717, 1.165) is 33.0 Å². The van der Waals surface area contributed by atoms with Crippen molar-refractivity contribution in [3.63, 3.8) is 0 Å². The molecule has 0 spiro atoms. The van der Waals surface area contributed by atoms with Gasteiger partial charge in [-0.2, -0.15) is 0 Å². The molecule has 16 nitrogen and oxygen atoms in total. The SMILES string of the molecule is CC(C)(C)OC(=O)COCCNc1cc([N+](=O)[O-])ccc1SSCC(NC(=O)OCC1c2ccccc2-c2ccccc21)C(=O)NCCOP(=O)(O)O. The monoisotopic (exact) mass is 792 g/mol. The van der Waals surface area contributed by atoms with E-state index >= 15 is 0 Å². The highest BCUT2D eigenvalue weighted by Gasteiger charge is 2.30. The van der Waals surface area contributed by atoms with Crippen LogP contribution in [0.25, 0.3) is 11.1 Å². The van der Waals surface area contributed by atoms with Crippen molar-refractivity contribution >= 4 is 58.8 Å². The average molecular weight is 793 g/mol. The quantitative estimate of drug-likeness (QED) is 0.0261. The Balaban J connectivity index is 1.37. The Kier molecular flexibility index (Phi) is 15.1. The van der Waals surface area contributed by atoms with Gasteiger partial charge in [0.15, 0.2) is 0 Å². The van der Waals surface area contributed by atoms with E-state index in [-0.39, 0.29) is 50.3 Å². The van der Waals surface area contributed by atoms with Crippen LogP contribution < -0.4 is 16.0 Å². The van der Waals surface area contributed by atoms with Gasteiger partial charge in [0.2, 0.25) is 5.91 Å². The highest BCUT2D eigenvalue weighted by atomic mass is 33.1. The van der Waals surface area contributed by atoms with E-state index in [1.54, 1.807) is 20.8 Å². The van der Waals surface area contributed by atoms with Crippen LogP contribution in [0.2, 0.25) is 0 Å². The molecule has 1 aliphatic carbocycles. The van der Waals surface area contributed by atoms with Crippen LogP contribution in [-0.4, -0.2) is 89.6 Å². The van der Waals surface area contributed by atoms with Gasteiger partial charge in [0, 0.05) is 41.8 Å². The fourth-order valence-corrected chi connectivity index (χ4v) is 7.89. The number of benzene rings is 3. The second-order valence-electron chi connectivity index (χ2n) is 12.5. The molecule has 0 radical (unpaired) electrons. The molecule has 1 atom stereocenters. The number of anilines is 1. The van der Waals surface area contributed by atoms with Gasteiger partial charge in [-0.15, -0.1) is 0 Å². The Morgan fingerprint density at radius 1 is 0.981 bits per heavy atom. The highest BCUT2D eigenvalue weighted by molar-refractivity contribution is 8.76. The summed E-state index contributed by atoms with van der Waals surface area (Å²) < 4.78 is 31.6. The van der Waals surface area contributed by atoms with Crippen LogP contribution in [-0.2, 0) is 32.9 Å². The summed E-state index contributed by atoms with van der Waals surface area (Å²) in [5.41, 5.74) is 3.70. The first-order valence-corrected chi connectivity index (χ1v) is 20.2. The number of hydrogen-bond acceptors (Lipinski definition) is 13. The lowest BCUT2D eigenvalue weighted by Crippen LogP contribution is -2.49. The lowest BCUT2D eigenvalue weighted by Gasteiger charge is -2.20. The number of phosphoric acid groups is 1. The average Bonchev–Trinajstić information content (AvgIpc) is 3.41. The molecule has 0 saturated heterocycles. The highest BCUT2D eigenvalue weighted by Crippen LogP contribution is 2.44. The van der Waals surface area contributed by atoms with Crippen molar-refractivity contribution in [3.05, 3.63) is 88.0 Å². The predicted molar refractivity (Wildman–Crippen MR) is 200 cm³/mol. The summed E-state index contributed by atoms with van der Waals surface area (Å²) in [6.07, 6.45) is -0.854. The first-order valence-electron chi connectivity index (χ1n) is 16.3. The molecular weight excluding hydrogens is 751 g/mol. The van der Waals surface area contributed by atoms with Crippen molar-refractivity contribution in [1.82, 2.24) is 10.6 Å². The van der Waals surface area contributed by atoms with E-state index < -0.39 is 49.0 Å². The van der Waals surface area contributed by atoms with Crippen molar-refractivity contribution < 1.29 is 52.4 Å². The van der Waals surface area contributed by atoms with Gasteiger partial charge < -0.3 is 39.9 Å². The summed E-state index contributed by atoms with van der Waals surface area (Å²) in [6, 6.07) is 18.7. The number of nitro groups is 1. The molecule has 0 heterocycles. The second-order valence-corrected chi connectivity index (χ2v) is 16.1. The molecule has 5 N–H and O–H groups in total. The number of nitrogens with zero attached hydrogens (tertiary/aromatic N) is 1. The van der Waals surface area contributed by atoms with Crippen LogP contribution in [0.5, 0.6) is 0 Å². The van der Waals surface area contributed by atoms with Crippen LogP contribution in [0, 0.1) is 10.1 Å². The fourth-order valence-electron chi connectivity index (χ4n) is 5.22. The molecule has 0 fully saturated rings.